The maximum Gasteiger partial charge on any atom is 0.0494 e. The number of benzene rings is 2. The summed E-state index contributed by atoms with van der Waals surface area (Å²) in [7, 11) is 2.15. The van der Waals surface area contributed by atoms with E-state index in [9.17, 15) is 0 Å². The third-order valence-electron chi connectivity index (χ3n) is 3.76. The second-order valence-electron chi connectivity index (χ2n) is 5.58. The third-order valence-corrected chi connectivity index (χ3v) is 4.25. The summed E-state index contributed by atoms with van der Waals surface area (Å²) in [5, 5.41) is 0. The van der Waals surface area contributed by atoms with Gasteiger partial charge in [-0.3, -0.25) is 4.90 Å². The van der Waals surface area contributed by atoms with Crippen molar-refractivity contribution in [3.63, 3.8) is 0 Å². The summed E-state index contributed by atoms with van der Waals surface area (Å²) in [6.45, 7) is 3.06. The van der Waals surface area contributed by atoms with Crippen LogP contribution in [0.25, 0.3) is 0 Å². The van der Waals surface area contributed by atoms with E-state index >= 15 is 0 Å². The second-order valence-corrected chi connectivity index (χ2v) is 6.49. The number of likely N-dealkylation sites (N-methyl/N-ethyl adjacent to an activating group) is 1. The van der Waals surface area contributed by atoms with Crippen LogP contribution in [0.15, 0.2) is 59.1 Å². The molecule has 0 aliphatic heterocycles. The molecule has 2 aromatic carbocycles. The molecule has 0 saturated carbocycles. The molecule has 0 saturated heterocycles. The third kappa shape index (κ3) is 4.67. The predicted octanol–water partition coefficient (Wildman–Crippen LogP) is 4.01. The van der Waals surface area contributed by atoms with E-state index in [1.54, 1.807) is 0 Å². The largest absolute Gasteiger partial charge is 0.326 e. The van der Waals surface area contributed by atoms with Crippen molar-refractivity contribution >= 4 is 15.9 Å². The number of nitrogens with two attached hydrogens (primary N) is 1. The van der Waals surface area contributed by atoms with Crippen LogP contribution in [0, 0.1) is 0 Å². The van der Waals surface area contributed by atoms with Crippen LogP contribution in [0.3, 0.4) is 0 Å². The molecule has 0 aromatic heterocycles. The molecule has 0 bridgehead atoms. The van der Waals surface area contributed by atoms with Crippen molar-refractivity contribution in [2.75, 3.05) is 13.6 Å². The van der Waals surface area contributed by atoms with Gasteiger partial charge in [-0.1, -0.05) is 58.4 Å². The Kier molecular flexibility index (Phi) is 5.97. The van der Waals surface area contributed by atoms with Crippen LogP contribution in [0.4, 0.5) is 0 Å². The van der Waals surface area contributed by atoms with E-state index in [1.165, 1.54) is 11.1 Å². The molecule has 0 aliphatic carbocycles. The van der Waals surface area contributed by atoms with Gasteiger partial charge in [-0.2, -0.15) is 0 Å². The Balaban J connectivity index is 2.07. The van der Waals surface area contributed by atoms with Crippen LogP contribution in [0.1, 0.15) is 24.1 Å². The zero-order chi connectivity index (χ0) is 15.2. The van der Waals surface area contributed by atoms with E-state index in [2.05, 4.69) is 83.3 Å². The number of rotatable bonds is 6. The van der Waals surface area contributed by atoms with Crippen molar-refractivity contribution in [1.82, 2.24) is 4.90 Å². The Morgan fingerprint density at radius 1 is 1.10 bits per heavy atom. The minimum absolute atomic E-state index is 0.0834. The maximum atomic E-state index is 6.23. The summed E-state index contributed by atoms with van der Waals surface area (Å²) < 4.78 is 1.10. The SMILES string of the molecule is CC(N)C(c1cccc(Br)c1)N(C)CCc1ccccc1. The molecule has 2 rings (SSSR count). The number of hydrogen-bond donors (Lipinski definition) is 1. The molecule has 112 valence electrons. The van der Waals surface area contributed by atoms with Gasteiger partial charge in [0.2, 0.25) is 0 Å². The minimum atomic E-state index is 0.0834. The molecular formula is C18H23BrN2. The monoisotopic (exact) mass is 346 g/mol. The highest BCUT2D eigenvalue weighted by Gasteiger charge is 2.21. The van der Waals surface area contributed by atoms with Gasteiger partial charge < -0.3 is 5.73 Å². The van der Waals surface area contributed by atoms with Gasteiger partial charge in [0.05, 0.1) is 0 Å². The van der Waals surface area contributed by atoms with E-state index in [0.29, 0.717) is 0 Å². The van der Waals surface area contributed by atoms with Crippen LogP contribution in [0.2, 0.25) is 0 Å². The molecule has 0 aliphatic rings. The van der Waals surface area contributed by atoms with E-state index in [1.807, 2.05) is 6.07 Å². The van der Waals surface area contributed by atoms with Crippen molar-refractivity contribution in [3.8, 4) is 0 Å². The summed E-state index contributed by atoms with van der Waals surface area (Å²) >= 11 is 3.55. The van der Waals surface area contributed by atoms with Crippen LogP contribution in [0.5, 0.6) is 0 Å². The molecule has 2 aromatic rings. The fourth-order valence-electron chi connectivity index (χ4n) is 2.74. The van der Waals surface area contributed by atoms with E-state index in [-0.39, 0.29) is 12.1 Å². The molecule has 0 amide bonds. The van der Waals surface area contributed by atoms with Gasteiger partial charge in [0.1, 0.15) is 0 Å². The fraction of sp³-hybridized carbons (Fsp3) is 0.333. The summed E-state index contributed by atoms with van der Waals surface area (Å²) in [4.78, 5) is 2.35. The van der Waals surface area contributed by atoms with Crippen molar-refractivity contribution in [2.24, 2.45) is 5.73 Å². The average Bonchev–Trinajstić information content (AvgIpc) is 2.46. The summed E-state index contributed by atoms with van der Waals surface area (Å²) in [6.07, 6.45) is 1.04. The lowest BCUT2D eigenvalue weighted by Crippen LogP contribution is -2.38. The molecule has 3 heteroatoms. The molecule has 2 nitrogen and oxygen atoms in total. The average molecular weight is 347 g/mol. The zero-order valence-electron chi connectivity index (χ0n) is 12.7. The van der Waals surface area contributed by atoms with Crippen molar-refractivity contribution in [3.05, 3.63) is 70.2 Å². The van der Waals surface area contributed by atoms with Crippen molar-refractivity contribution in [1.29, 1.82) is 0 Å². The summed E-state index contributed by atoms with van der Waals surface area (Å²) in [5.41, 5.74) is 8.85. The van der Waals surface area contributed by atoms with Crippen molar-refractivity contribution < 1.29 is 0 Å². The lowest BCUT2D eigenvalue weighted by Gasteiger charge is -2.31. The van der Waals surface area contributed by atoms with Crippen LogP contribution in [-0.2, 0) is 6.42 Å². The first-order valence-corrected chi connectivity index (χ1v) is 8.12. The topological polar surface area (TPSA) is 29.3 Å². The summed E-state index contributed by atoms with van der Waals surface area (Å²) in [5.74, 6) is 0. The van der Waals surface area contributed by atoms with Gasteiger partial charge in [0, 0.05) is 23.1 Å². The lowest BCUT2D eigenvalue weighted by atomic mass is 9.99. The predicted molar refractivity (Wildman–Crippen MR) is 93.3 cm³/mol. The Morgan fingerprint density at radius 3 is 2.43 bits per heavy atom. The fourth-order valence-corrected chi connectivity index (χ4v) is 3.16. The quantitative estimate of drug-likeness (QED) is 0.855. The van der Waals surface area contributed by atoms with Crippen LogP contribution < -0.4 is 5.73 Å². The Labute approximate surface area is 136 Å². The number of nitrogens with zero attached hydrogens (tertiary/aromatic N) is 1. The van der Waals surface area contributed by atoms with Gasteiger partial charge in [-0.25, -0.2) is 0 Å². The highest BCUT2D eigenvalue weighted by molar-refractivity contribution is 9.10. The standard InChI is InChI=1S/C18H23BrN2/c1-14(20)18(16-9-6-10-17(19)13-16)21(2)12-11-15-7-4-3-5-8-15/h3-10,13-14,18H,11-12,20H2,1-2H3. The molecule has 2 atom stereocenters. The highest BCUT2D eigenvalue weighted by Crippen LogP contribution is 2.25. The van der Waals surface area contributed by atoms with Gasteiger partial charge >= 0.3 is 0 Å². The number of halogens is 1. The van der Waals surface area contributed by atoms with Gasteiger partial charge in [0.25, 0.3) is 0 Å². The van der Waals surface area contributed by atoms with Gasteiger partial charge in [-0.15, -0.1) is 0 Å². The normalized spacial score (nSPS) is 14.1. The molecule has 0 spiro atoms. The van der Waals surface area contributed by atoms with E-state index in [4.69, 9.17) is 5.73 Å². The maximum absolute atomic E-state index is 6.23. The molecular weight excluding hydrogens is 324 g/mol. The Hall–Kier alpha value is -1.16. The number of hydrogen-bond acceptors (Lipinski definition) is 2. The van der Waals surface area contributed by atoms with Gasteiger partial charge in [0.15, 0.2) is 0 Å². The first-order chi connectivity index (χ1) is 10.1. The first-order valence-electron chi connectivity index (χ1n) is 7.33. The molecule has 0 heterocycles. The van der Waals surface area contributed by atoms with Gasteiger partial charge in [-0.05, 0) is 43.7 Å². The highest BCUT2D eigenvalue weighted by atomic mass is 79.9. The van der Waals surface area contributed by atoms with E-state index < -0.39 is 0 Å². The van der Waals surface area contributed by atoms with Crippen LogP contribution >= 0.6 is 15.9 Å². The van der Waals surface area contributed by atoms with Crippen molar-refractivity contribution in [2.45, 2.75) is 25.4 Å². The zero-order valence-corrected chi connectivity index (χ0v) is 14.3. The lowest BCUT2D eigenvalue weighted by molar-refractivity contribution is 0.221. The van der Waals surface area contributed by atoms with E-state index in [0.717, 1.165) is 17.4 Å². The molecule has 2 unspecified atom stereocenters. The smallest absolute Gasteiger partial charge is 0.0494 e. The molecule has 2 N–H and O–H groups in total. The Bertz CT molecular complexity index is 554. The molecule has 0 radical (unpaired) electrons. The minimum Gasteiger partial charge on any atom is -0.326 e. The Morgan fingerprint density at radius 2 is 1.81 bits per heavy atom. The first kappa shape index (κ1) is 16.2. The van der Waals surface area contributed by atoms with Crippen LogP contribution in [-0.4, -0.2) is 24.5 Å². The molecule has 0 fully saturated rings. The molecule has 21 heavy (non-hydrogen) atoms. The summed E-state index contributed by atoms with van der Waals surface area (Å²) in [6, 6.07) is 19.3. The second kappa shape index (κ2) is 7.74.